The number of methoxy groups -OCH3 is 2. The van der Waals surface area contributed by atoms with E-state index in [4.69, 9.17) is 9.47 Å². The summed E-state index contributed by atoms with van der Waals surface area (Å²) in [5.74, 6) is -0.659. The summed E-state index contributed by atoms with van der Waals surface area (Å²) in [6.07, 6.45) is 1.39. The summed E-state index contributed by atoms with van der Waals surface area (Å²) < 4.78 is 10.3. The molecule has 0 aromatic heterocycles. The molecule has 8 nitrogen and oxygen atoms in total. The standard InChI is InChI=1S/C20H21N3O5/c1-27-15-9-10-17(28-2)16(12-15)22-20(26)19(25)21-13-5-7-14(8-6-13)23-11-3-4-18(23)24/h5-10,12H,3-4,11H2,1-2H3,(H,21,25)(H,22,26). The Bertz CT molecular complexity index is 895. The minimum absolute atomic E-state index is 0.0865. The van der Waals surface area contributed by atoms with E-state index in [9.17, 15) is 14.4 Å². The zero-order chi connectivity index (χ0) is 20.1. The van der Waals surface area contributed by atoms with Crippen LogP contribution in [0.25, 0.3) is 0 Å². The quantitative estimate of drug-likeness (QED) is 0.773. The van der Waals surface area contributed by atoms with Crippen molar-refractivity contribution in [1.82, 2.24) is 0 Å². The van der Waals surface area contributed by atoms with Crippen molar-refractivity contribution >= 4 is 34.8 Å². The van der Waals surface area contributed by atoms with Crippen LogP contribution >= 0.6 is 0 Å². The van der Waals surface area contributed by atoms with E-state index >= 15 is 0 Å². The van der Waals surface area contributed by atoms with Crippen molar-refractivity contribution in [3.05, 3.63) is 42.5 Å². The second-order valence-corrected chi connectivity index (χ2v) is 6.17. The predicted molar refractivity (Wildman–Crippen MR) is 105 cm³/mol. The van der Waals surface area contributed by atoms with Crippen LogP contribution in [-0.2, 0) is 14.4 Å². The number of rotatable bonds is 5. The van der Waals surface area contributed by atoms with Gasteiger partial charge in [-0.2, -0.15) is 0 Å². The maximum absolute atomic E-state index is 12.2. The summed E-state index contributed by atoms with van der Waals surface area (Å²) in [7, 11) is 2.96. The monoisotopic (exact) mass is 383 g/mol. The molecule has 1 saturated heterocycles. The number of nitrogens with zero attached hydrogens (tertiary/aromatic N) is 1. The molecular formula is C20H21N3O5. The number of anilines is 3. The van der Waals surface area contributed by atoms with E-state index in [0.717, 1.165) is 12.1 Å². The van der Waals surface area contributed by atoms with Crippen LogP contribution in [-0.4, -0.2) is 38.5 Å². The Hall–Kier alpha value is -3.55. The summed E-state index contributed by atoms with van der Waals surface area (Å²) in [5, 5.41) is 5.04. The van der Waals surface area contributed by atoms with Gasteiger partial charge in [-0.25, -0.2) is 0 Å². The molecule has 0 atom stereocenters. The highest BCUT2D eigenvalue weighted by Crippen LogP contribution is 2.29. The first-order chi connectivity index (χ1) is 13.5. The molecule has 1 aliphatic rings. The molecule has 0 saturated carbocycles. The molecule has 146 valence electrons. The SMILES string of the molecule is COc1ccc(OC)c(NC(=O)C(=O)Nc2ccc(N3CCCC3=O)cc2)c1. The van der Waals surface area contributed by atoms with Gasteiger partial charge in [0, 0.05) is 30.4 Å². The summed E-state index contributed by atoms with van der Waals surface area (Å²) >= 11 is 0. The van der Waals surface area contributed by atoms with Crippen molar-refractivity contribution in [3.63, 3.8) is 0 Å². The number of nitrogens with one attached hydrogen (secondary N) is 2. The first-order valence-corrected chi connectivity index (χ1v) is 8.76. The molecule has 0 unspecified atom stereocenters. The third kappa shape index (κ3) is 4.22. The molecule has 2 aromatic rings. The Balaban J connectivity index is 1.64. The van der Waals surface area contributed by atoms with Gasteiger partial charge in [-0.3, -0.25) is 14.4 Å². The first-order valence-electron chi connectivity index (χ1n) is 8.76. The molecule has 0 aliphatic carbocycles. The molecule has 3 rings (SSSR count). The van der Waals surface area contributed by atoms with Gasteiger partial charge >= 0.3 is 11.8 Å². The van der Waals surface area contributed by atoms with E-state index in [-0.39, 0.29) is 5.91 Å². The lowest BCUT2D eigenvalue weighted by Gasteiger charge is -2.16. The Morgan fingerprint density at radius 1 is 0.964 bits per heavy atom. The van der Waals surface area contributed by atoms with Gasteiger partial charge in [-0.1, -0.05) is 0 Å². The van der Waals surface area contributed by atoms with E-state index in [1.54, 1.807) is 47.4 Å². The number of benzene rings is 2. The molecule has 0 radical (unpaired) electrons. The van der Waals surface area contributed by atoms with E-state index in [1.807, 2.05) is 0 Å². The van der Waals surface area contributed by atoms with Crippen molar-refractivity contribution in [2.45, 2.75) is 12.8 Å². The van der Waals surface area contributed by atoms with E-state index < -0.39 is 11.8 Å². The van der Waals surface area contributed by atoms with Gasteiger partial charge in [0.2, 0.25) is 5.91 Å². The van der Waals surface area contributed by atoms with Gasteiger partial charge < -0.3 is 25.0 Å². The van der Waals surface area contributed by atoms with Crippen LogP contribution in [0.5, 0.6) is 11.5 Å². The maximum atomic E-state index is 12.2. The van der Waals surface area contributed by atoms with Crippen molar-refractivity contribution in [3.8, 4) is 11.5 Å². The molecule has 1 heterocycles. The van der Waals surface area contributed by atoms with Gasteiger partial charge in [0.1, 0.15) is 11.5 Å². The molecule has 28 heavy (non-hydrogen) atoms. The number of hydrogen-bond donors (Lipinski definition) is 2. The van der Waals surface area contributed by atoms with Crippen molar-refractivity contribution in [2.75, 3.05) is 36.3 Å². The van der Waals surface area contributed by atoms with Crippen molar-refractivity contribution in [2.24, 2.45) is 0 Å². The fourth-order valence-electron chi connectivity index (χ4n) is 2.92. The predicted octanol–water partition coefficient (Wildman–Crippen LogP) is 2.41. The largest absolute Gasteiger partial charge is 0.497 e. The Morgan fingerprint density at radius 2 is 1.68 bits per heavy atom. The van der Waals surface area contributed by atoms with Crippen LogP contribution in [0, 0.1) is 0 Å². The molecule has 1 aliphatic heterocycles. The Labute approximate surface area is 162 Å². The fourth-order valence-corrected chi connectivity index (χ4v) is 2.92. The number of ether oxygens (including phenoxy) is 2. The molecule has 0 bridgehead atoms. The summed E-state index contributed by atoms with van der Waals surface area (Å²) in [6, 6.07) is 11.7. The van der Waals surface area contributed by atoms with E-state index in [2.05, 4.69) is 10.6 Å². The van der Waals surface area contributed by atoms with Crippen molar-refractivity contribution in [1.29, 1.82) is 0 Å². The number of hydrogen-bond acceptors (Lipinski definition) is 5. The van der Waals surface area contributed by atoms with Gasteiger partial charge in [0.05, 0.1) is 19.9 Å². The Morgan fingerprint density at radius 3 is 2.29 bits per heavy atom. The molecule has 2 N–H and O–H groups in total. The second kappa shape index (κ2) is 8.43. The normalized spacial score (nSPS) is 13.2. The third-order valence-corrected chi connectivity index (χ3v) is 4.37. The number of amides is 3. The average molecular weight is 383 g/mol. The molecule has 3 amide bonds. The van der Waals surface area contributed by atoms with Crippen LogP contribution in [0.2, 0.25) is 0 Å². The smallest absolute Gasteiger partial charge is 0.314 e. The van der Waals surface area contributed by atoms with Gasteiger partial charge in [0.25, 0.3) is 0 Å². The molecule has 1 fully saturated rings. The lowest BCUT2D eigenvalue weighted by Crippen LogP contribution is -2.29. The fraction of sp³-hybridized carbons (Fsp3) is 0.250. The lowest BCUT2D eigenvalue weighted by molar-refractivity contribution is -0.133. The topological polar surface area (TPSA) is 97.0 Å². The molecular weight excluding hydrogens is 362 g/mol. The van der Waals surface area contributed by atoms with Crippen molar-refractivity contribution < 1.29 is 23.9 Å². The number of carbonyl (C=O) groups is 3. The molecule has 0 spiro atoms. The minimum Gasteiger partial charge on any atom is -0.497 e. The van der Waals surface area contributed by atoms with Crippen LogP contribution in [0.4, 0.5) is 17.1 Å². The zero-order valence-corrected chi connectivity index (χ0v) is 15.7. The summed E-state index contributed by atoms with van der Waals surface area (Å²) in [5.41, 5.74) is 1.55. The number of carbonyl (C=O) groups excluding carboxylic acids is 3. The summed E-state index contributed by atoms with van der Waals surface area (Å²) in [4.78, 5) is 37.9. The third-order valence-electron chi connectivity index (χ3n) is 4.37. The van der Waals surface area contributed by atoms with Crippen LogP contribution in [0.15, 0.2) is 42.5 Å². The van der Waals surface area contributed by atoms with Crippen LogP contribution < -0.4 is 25.0 Å². The van der Waals surface area contributed by atoms with Gasteiger partial charge in [-0.15, -0.1) is 0 Å². The molecule has 8 heteroatoms. The van der Waals surface area contributed by atoms with E-state index in [0.29, 0.717) is 35.8 Å². The maximum Gasteiger partial charge on any atom is 0.314 e. The second-order valence-electron chi connectivity index (χ2n) is 6.17. The van der Waals surface area contributed by atoms with Gasteiger partial charge in [0.15, 0.2) is 0 Å². The Kier molecular flexibility index (Phi) is 5.78. The minimum atomic E-state index is -0.842. The highest BCUT2D eigenvalue weighted by atomic mass is 16.5. The van der Waals surface area contributed by atoms with Crippen LogP contribution in [0.1, 0.15) is 12.8 Å². The molecule has 2 aromatic carbocycles. The highest BCUT2D eigenvalue weighted by Gasteiger charge is 2.22. The summed E-state index contributed by atoms with van der Waals surface area (Å²) in [6.45, 7) is 0.690. The average Bonchev–Trinajstić information content (AvgIpc) is 3.14. The highest BCUT2D eigenvalue weighted by molar-refractivity contribution is 6.43. The van der Waals surface area contributed by atoms with E-state index in [1.165, 1.54) is 14.2 Å². The zero-order valence-electron chi connectivity index (χ0n) is 15.7. The lowest BCUT2D eigenvalue weighted by atomic mass is 10.2. The van der Waals surface area contributed by atoms with Gasteiger partial charge in [-0.05, 0) is 42.8 Å². The first kappa shape index (κ1) is 19.2. The van der Waals surface area contributed by atoms with Crippen LogP contribution in [0.3, 0.4) is 0 Å².